The number of rotatable bonds is 3. The smallest absolute Gasteiger partial charge is 0.408 e. The average molecular weight is 247 g/mol. The number of hydrogen-bond acceptors (Lipinski definition) is 2. The number of carbonyl (C=O) groups excluding carboxylic acids is 1. The molecule has 0 aromatic carbocycles. The van der Waals surface area contributed by atoms with Crippen LogP contribution in [0.15, 0.2) is 12.7 Å². The first-order valence-electron chi connectivity index (χ1n) is 5.57. The summed E-state index contributed by atoms with van der Waals surface area (Å²) in [5.74, 6) is -2.70. The van der Waals surface area contributed by atoms with Gasteiger partial charge in [0.05, 0.1) is 5.54 Å². The second-order valence-corrected chi connectivity index (χ2v) is 5.61. The van der Waals surface area contributed by atoms with Crippen molar-refractivity contribution in [3.63, 3.8) is 0 Å². The molecule has 1 fully saturated rings. The second-order valence-electron chi connectivity index (χ2n) is 5.61. The maximum Gasteiger partial charge on any atom is 0.408 e. The molecule has 0 saturated heterocycles. The van der Waals surface area contributed by atoms with E-state index in [9.17, 15) is 13.6 Å². The van der Waals surface area contributed by atoms with Gasteiger partial charge < -0.3 is 10.1 Å². The Hall–Kier alpha value is -1.13. The minimum Gasteiger partial charge on any atom is -0.444 e. The fraction of sp³-hybridized carbons (Fsp3) is 0.750. The summed E-state index contributed by atoms with van der Waals surface area (Å²) in [7, 11) is 0. The lowest BCUT2D eigenvalue weighted by molar-refractivity contribution is -0.131. The van der Waals surface area contributed by atoms with Crippen LogP contribution in [0.2, 0.25) is 0 Å². The van der Waals surface area contributed by atoms with Crippen molar-refractivity contribution in [3.05, 3.63) is 12.7 Å². The molecule has 17 heavy (non-hydrogen) atoms. The van der Waals surface area contributed by atoms with Crippen molar-refractivity contribution in [2.24, 2.45) is 0 Å². The summed E-state index contributed by atoms with van der Waals surface area (Å²) in [6.45, 7) is 8.69. The lowest BCUT2D eigenvalue weighted by Gasteiger charge is -2.47. The standard InChI is InChI=1S/C12H19F2NO2/c1-5-6-11(7-12(13,14)8-11)15-9(16)17-10(2,3)4/h5H,1,6-8H2,2-4H3,(H,15,16). The van der Waals surface area contributed by atoms with Gasteiger partial charge in [0.25, 0.3) is 5.92 Å². The Morgan fingerprint density at radius 1 is 1.47 bits per heavy atom. The molecule has 0 unspecified atom stereocenters. The molecule has 98 valence electrons. The van der Waals surface area contributed by atoms with E-state index in [1.54, 1.807) is 20.8 Å². The molecule has 0 aromatic rings. The number of alkyl carbamates (subject to hydrolysis) is 1. The summed E-state index contributed by atoms with van der Waals surface area (Å²) in [5, 5.41) is 2.53. The number of alkyl halides is 2. The van der Waals surface area contributed by atoms with Crippen molar-refractivity contribution < 1.29 is 18.3 Å². The van der Waals surface area contributed by atoms with Gasteiger partial charge in [-0.25, -0.2) is 13.6 Å². The lowest BCUT2D eigenvalue weighted by Crippen LogP contribution is -2.62. The van der Waals surface area contributed by atoms with Crippen LogP contribution >= 0.6 is 0 Å². The molecule has 1 saturated carbocycles. The molecule has 1 amide bonds. The van der Waals surface area contributed by atoms with Crippen LogP contribution in [-0.2, 0) is 4.74 Å². The number of halogens is 2. The van der Waals surface area contributed by atoms with E-state index < -0.39 is 23.2 Å². The van der Waals surface area contributed by atoms with Crippen LogP contribution < -0.4 is 5.32 Å². The topological polar surface area (TPSA) is 38.3 Å². The highest BCUT2D eigenvalue weighted by atomic mass is 19.3. The molecule has 1 rings (SSSR count). The summed E-state index contributed by atoms with van der Waals surface area (Å²) in [6, 6.07) is 0. The van der Waals surface area contributed by atoms with Crippen molar-refractivity contribution in [1.29, 1.82) is 0 Å². The summed E-state index contributed by atoms with van der Waals surface area (Å²) >= 11 is 0. The summed E-state index contributed by atoms with van der Waals surface area (Å²) in [4.78, 5) is 11.5. The highest BCUT2D eigenvalue weighted by molar-refractivity contribution is 5.69. The van der Waals surface area contributed by atoms with Gasteiger partial charge >= 0.3 is 6.09 Å². The third-order valence-corrected chi connectivity index (χ3v) is 2.50. The minimum absolute atomic E-state index is 0.321. The molecule has 1 N–H and O–H groups in total. The first-order valence-corrected chi connectivity index (χ1v) is 5.57. The average Bonchev–Trinajstić information content (AvgIpc) is 1.95. The molecule has 1 aliphatic carbocycles. The van der Waals surface area contributed by atoms with Crippen LogP contribution in [0.1, 0.15) is 40.0 Å². The molecular weight excluding hydrogens is 228 g/mol. The quantitative estimate of drug-likeness (QED) is 0.777. The monoisotopic (exact) mass is 247 g/mol. The molecule has 0 heterocycles. The molecule has 0 radical (unpaired) electrons. The maximum atomic E-state index is 12.9. The third-order valence-electron chi connectivity index (χ3n) is 2.50. The van der Waals surface area contributed by atoms with Gasteiger partial charge in [-0.15, -0.1) is 6.58 Å². The number of carbonyl (C=O) groups is 1. The molecule has 0 bridgehead atoms. The van der Waals surface area contributed by atoms with Crippen LogP contribution in [-0.4, -0.2) is 23.2 Å². The van der Waals surface area contributed by atoms with Gasteiger partial charge in [-0.1, -0.05) is 6.08 Å². The Labute approximate surface area is 100 Å². The van der Waals surface area contributed by atoms with Crippen molar-refractivity contribution in [1.82, 2.24) is 5.32 Å². The van der Waals surface area contributed by atoms with Gasteiger partial charge in [-0.2, -0.15) is 0 Å². The number of hydrogen-bond donors (Lipinski definition) is 1. The zero-order valence-corrected chi connectivity index (χ0v) is 10.5. The Balaban J connectivity index is 2.58. The Kier molecular flexibility index (Phi) is 3.50. The Bertz CT molecular complexity index is 313. The number of ether oxygens (including phenoxy) is 1. The molecular formula is C12H19F2NO2. The van der Waals surface area contributed by atoms with Crippen LogP contribution in [0.4, 0.5) is 13.6 Å². The van der Waals surface area contributed by atoms with E-state index >= 15 is 0 Å². The third kappa shape index (κ3) is 3.98. The first-order chi connectivity index (χ1) is 7.58. The SMILES string of the molecule is C=CCC1(NC(=O)OC(C)(C)C)CC(F)(F)C1. The molecule has 0 aliphatic heterocycles. The van der Waals surface area contributed by atoms with E-state index in [4.69, 9.17) is 4.74 Å². The molecule has 0 spiro atoms. The fourth-order valence-corrected chi connectivity index (χ4v) is 2.02. The molecule has 0 aromatic heterocycles. The maximum absolute atomic E-state index is 12.9. The summed E-state index contributed by atoms with van der Waals surface area (Å²) in [5.41, 5.74) is -1.53. The van der Waals surface area contributed by atoms with Crippen molar-refractivity contribution in [2.75, 3.05) is 0 Å². The van der Waals surface area contributed by atoms with Crippen LogP contribution in [0.3, 0.4) is 0 Å². The molecule has 5 heteroatoms. The predicted molar refractivity (Wildman–Crippen MR) is 61.1 cm³/mol. The fourth-order valence-electron chi connectivity index (χ4n) is 2.02. The van der Waals surface area contributed by atoms with Crippen LogP contribution in [0, 0.1) is 0 Å². The van der Waals surface area contributed by atoms with Gasteiger partial charge in [0.2, 0.25) is 0 Å². The summed E-state index contributed by atoms with van der Waals surface area (Å²) < 4.78 is 30.9. The van der Waals surface area contributed by atoms with Gasteiger partial charge in [-0.3, -0.25) is 0 Å². The normalized spacial score (nSPS) is 21.2. The van der Waals surface area contributed by atoms with E-state index in [-0.39, 0.29) is 12.8 Å². The second kappa shape index (κ2) is 4.27. The molecule has 1 aliphatic rings. The van der Waals surface area contributed by atoms with Gasteiger partial charge in [0.1, 0.15) is 5.60 Å². The van der Waals surface area contributed by atoms with E-state index in [0.29, 0.717) is 6.42 Å². The van der Waals surface area contributed by atoms with E-state index in [0.717, 1.165) is 0 Å². The van der Waals surface area contributed by atoms with Gasteiger partial charge in [0, 0.05) is 12.8 Å². The molecule has 3 nitrogen and oxygen atoms in total. The highest BCUT2D eigenvalue weighted by Gasteiger charge is 2.56. The minimum atomic E-state index is -2.70. The van der Waals surface area contributed by atoms with Crippen LogP contribution in [0.5, 0.6) is 0 Å². The van der Waals surface area contributed by atoms with Gasteiger partial charge in [-0.05, 0) is 27.2 Å². The number of nitrogens with one attached hydrogen (secondary N) is 1. The van der Waals surface area contributed by atoms with Crippen molar-refractivity contribution in [2.45, 2.75) is 57.1 Å². The van der Waals surface area contributed by atoms with E-state index in [1.165, 1.54) is 6.08 Å². The lowest BCUT2D eigenvalue weighted by atomic mass is 9.71. The van der Waals surface area contributed by atoms with E-state index in [1.807, 2.05) is 0 Å². The zero-order chi connectivity index (χ0) is 13.3. The van der Waals surface area contributed by atoms with Crippen molar-refractivity contribution in [3.8, 4) is 0 Å². The van der Waals surface area contributed by atoms with Gasteiger partial charge in [0.15, 0.2) is 0 Å². The first kappa shape index (κ1) is 13.9. The highest BCUT2D eigenvalue weighted by Crippen LogP contribution is 2.47. The number of amides is 1. The Morgan fingerprint density at radius 2 is 2.00 bits per heavy atom. The predicted octanol–water partition coefficient (Wildman–Crippen LogP) is 3.26. The van der Waals surface area contributed by atoms with E-state index in [2.05, 4.69) is 11.9 Å². The van der Waals surface area contributed by atoms with Crippen LogP contribution in [0.25, 0.3) is 0 Å². The zero-order valence-electron chi connectivity index (χ0n) is 10.5. The van der Waals surface area contributed by atoms with Crippen molar-refractivity contribution >= 4 is 6.09 Å². The molecule has 0 atom stereocenters. The largest absolute Gasteiger partial charge is 0.444 e. The summed E-state index contributed by atoms with van der Waals surface area (Å²) in [6.07, 6.45) is 0.486. The Morgan fingerprint density at radius 3 is 2.35 bits per heavy atom.